The summed E-state index contributed by atoms with van der Waals surface area (Å²) in [5, 5.41) is 0. The zero-order valence-electron chi connectivity index (χ0n) is 15.0. The largest absolute Gasteiger partial charge is 0.314 e. The molecule has 1 unspecified atom stereocenters. The van der Waals surface area contributed by atoms with Gasteiger partial charge in [0.25, 0.3) is 0 Å². The molecule has 25 heavy (non-hydrogen) atoms. The Bertz CT molecular complexity index is 836. The standard InChI is InChI=1S/C23H25NO/c1-3-4-5-6-7-10-22-16-20-14-18(2)12-13-23(20)24(22)21-11-8-9-19(15-21)17-25/h3-11,15-18H,12-14H2,1-2H3/b4-3-,6-5-,10-7+. The molecular formula is C23H25NO. The molecule has 1 aliphatic carbocycles. The van der Waals surface area contributed by atoms with Crippen molar-refractivity contribution >= 4 is 12.4 Å². The number of carbonyl (C=O) groups excluding carboxylic acids is 1. The van der Waals surface area contributed by atoms with E-state index in [9.17, 15) is 4.79 Å². The molecular weight excluding hydrogens is 306 g/mol. The Hall–Kier alpha value is -2.61. The van der Waals surface area contributed by atoms with E-state index in [1.165, 1.54) is 23.4 Å². The molecule has 0 saturated heterocycles. The molecule has 0 fully saturated rings. The fourth-order valence-electron chi connectivity index (χ4n) is 3.49. The Morgan fingerprint density at radius 2 is 1.96 bits per heavy atom. The molecule has 1 heterocycles. The van der Waals surface area contributed by atoms with E-state index in [4.69, 9.17) is 0 Å². The smallest absolute Gasteiger partial charge is 0.150 e. The summed E-state index contributed by atoms with van der Waals surface area (Å²) in [5.74, 6) is 0.732. The van der Waals surface area contributed by atoms with Crippen molar-refractivity contribution in [2.45, 2.75) is 33.1 Å². The third-order valence-corrected chi connectivity index (χ3v) is 4.72. The van der Waals surface area contributed by atoms with Gasteiger partial charge in [0.1, 0.15) is 6.29 Å². The van der Waals surface area contributed by atoms with Gasteiger partial charge in [-0.05, 0) is 61.9 Å². The molecule has 1 aromatic heterocycles. The molecule has 1 aliphatic rings. The maximum atomic E-state index is 11.2. The third-order valence-electron chi connectivity index (χ3n) is 4.72. The van der Waals surface area contributed by atoms with Crippen molar-refractivity contribution in [2.75, 3.05) is 0 Å². The highest BCUT2D eigenvalue weighted by molar-refractivity contribution is 5.76. The minimum atomic E-state index is 0.715. The maximum Gasteiger partial charge on any atom is 0.150 e. The van der Waals surface area contributed by atoms with E-state index in [0.717, 1.165) is 30.7 Å². The van der Waals surface area contributed by atoms with E-state index in [-0.39, 0.29) is 0 Å². The van der Waals surface area contributed by atoms with Gasteiger partial charge >= 0.3 is 0 Å². The van der Waals surface area contributed by atoms with Gasteiger partial charge < -0.3 is 4.57 Å². The number of hydrogen-bond donors (Lipinski definition) is 0. The molecule has 2 aromatic rings. The summed E-state index contributed by atoms with van der Waals surface area (Å²) in [6.07, 6.45) is 16.7. The van der Waals surface area contributed by atoms with Crippen LogP contribution >= 0.6 is 0 Å². The molecule has 0 bridgehead atoms. The lowest BCUT2D eigenvalue weighted by atomic mass is 9.89. The highest BCUT2D eigenvalue weighted by Gasteiger charge is 2.21. The van der Waals surface area contributed by atoms with E-state index >= 15 is 0 Å². The van der Waals surface area contributed by atoms with Gasteiger partial charge in [0, 0.05) is 22.6 Å². The molecule has 128 valence electrons. The number of rotatable bonds is 5. The Labute approximate surface area is 150 Å². The number of aromatic nitrogens is 1. The lowest BCUT2D eigenvalue weighted by Gasteiger charge is -2.21. The van der Waals surface area contributed by atoms with E-state index in [2.05, 4.69) is 35.8 Å². The van der Waals surface area contributed by atoms with E-state index in [1.54, 1.807) is 0 Å². The molecule has 2 nitrogen and oxygen atoms in total. The molecule has 0 N–H and O–H groups in total. The lowest BCUT2D eigenvalue weighted by Crippen LogP contribution is -2.13. The van der Waals surface area contributed by atoms with Crippen LogP contribution in [0, 0.1) is 5.92 Å². The Morgan fingerprint density at radius 3 is 2.76 bits per heavy atom. The first-order valence-corrected chi connectivity index (χ1v) is 8.98. The molecule has 0 amide bonds. The van der Waals surface area contributed by atoms with Gasteiger partial charge in [-0.2, -0.15) is 0 Å². The second-order valence-corrected chi connectivity index (χ2v) is 6.71. The van der Waals surface area contributed by atoms with Gasteiger partial charge in [-0.1, -0.05) is 49.4 Å². The van der Waals surface area contributed by atoms with Crippen molar-refractivity contribution in [3.8, 4) is 5.69 Å². The summed E-state index contributed by atoms with van der Waals surface area (Å²) in [6.45, 7) is 4.33. The Morgan fingerprint density at radius 1 is 1.12 bits per heavy atom. The third kappa shape index (κ3) is 3.90. The van der Waals surface area contributed by atoms with Gasteiger partial charge in [-0.25, -0.2) is 0 Å². The number of allylic oxidation sites excluding steroid dienone is 5. The quantitative estimate of drug-likeness (QED) is 0.519. The van der Waals surface area contributed by atoms with E-state index in [0.29, 0.717) is 5.56 Å². The van der Waals surface area contributed by atoms with Gasteiger partial charge in [0.2, 0.25) is 0 Å². The molecule has 0 spiro atoms. The average molecular weight is 331 g/mol. The van der Waals surface area contributed by atoms with Crippen molar-refractivity contribution in [3.05, 3.63) is 83.2 Å². The topological polar surface area (TPSA) is 22.0 Å². The van der Waals surface area contributed by atoms with Gasteiger partial charge in [0.05, 0.1) is 0 Å². The summed E-state index contributed by atoms with van der Waals surface area (Å²) in [6, 6.07) is 10.2. The van der Waals surface area contributed by atoms with Crippen LogP contribution in [0.5, 0.6) is 0 Å². The molecule has 1 aromatic carbocycles. The van der Waals surface area contributed by atoms with Crippen LogP contribution in [-0.2, 0) is 12.8 Å². The normalized spacial score (nSPS) is 17.6. The van der Waals surface area contributed by atoms with Gasteiger partial charge in [-0.15, -0.1) is 0 Å². The zero-order valence-corrected chi connectivity index (χ0v) is 15.0. The molecule has 1 atom stereocenters. The minimum Gasteiger partial charge on any atom is -0.314 e. The molecule has 0 radical (unpaired) electrons. The first-order chi connectivity index (χ1) is 12.2. The van der Waals surface area contributed by atoms with Gasteiger partial charge in [-0.3, -0.25) is 4.79 Å². The second-order valence-electron chi connectivity index (χ2n) is 6.71. The number of nitrogens with zero attached hydrogens (tertiary/aromatic N) is 1. The molecule has 3 rings (SSSR count). The van der Waals surface area contributed by atoms with Crippen LogP contribution < -0.4 is 0 Å². The van der Waals surface area contributed by atoms with Crippen molar-refractivity contribution in [1.29, 1.82) is 0 Å². The highest BCUT2D eigenvalue weighted by atomic mass is 16.1. The van der Waals surface area contributed by atoms with Crippen molar-refractivity contribution < 1.29 is 4.79 Å². The molecule has 0 aliphatic heterocycles. The van der Waals surface area contributed by atoms with Crippen LogP contribution in [0.15, 0.2) is 60.7 Å². The van der Waals surface area contributed by atoms with Crippen molar-refractivity contribution in [2.24, 2.45) is 5.92 Å². The number of carbonyl (C=O) groups is 1. The van der Waals surface area contributed by atoms with Crippen LogP contribution in [0.3, 0.4) is 0 Å². The number of hydrogen-bond acceptors (Lipinski definition) is 1. The van der Waals surface area contributed by atoms with Crippen LogP contribution in [-0.4, -0.2) is 10.9 Å². The van der Waals surface area contributed by atoms with Crippen LogP contribution in [0.2, 0.25) is 0 Å². The first kappa shape index (κ1) is 17.2. The van der Waals surface area contributed by atoms with E-state index < -0.39 is 0 Å². The summed E-state index contributed by atoms with van der Waals surface area (Å²) in [5.41, 5.74) is 5.78. The fourth-order valence-corrected chi connectivity index (χ4v) is 3.49. The van der Waals surface area contributed by atoms with Crippen molar-refractivity contribution in [1.82, 2.24) is 4.57 Å². The fraction of sp³-hybridized carbons (Fsp3) is 0.261. The van der Waals surface area contributed by atoms with Gasteiger partial charge in [0.15, 0.2) is 0 Å². The molecule has 2 heteroatoms. The average Bonchev–Trinajstić information content (AvgIpc) is 2.98. The molecule has 0 saturated carbocycles. The summed E-state index contributed by atoms with van der Waals surface area (Å²) in [7, 11) is 0. The minimum absolute atomic E-state index is 0.715. The van der Waals surface area contributed by atoms with Crippen LogP contribution in [0.4, 0.5) is 0 Å². The predicted octanol–water partition coefficient (Wildman–Crippen LogP) is 5.56. The Kier molecular flexibility index (Phi) is 5.49. The predicted molar refractivity (Wildman–Crippen MR) is 105 cm³/mol. The number of fused-ring (bicyclic) bond motifs is 1. The highest BCUT2D eigenvalue weighted by Crippen LogP contribution is 2.31. The number of aldehydes is 1. The maximum absolute atomic E-state index is 11.2. The summed E-state index contributed by atoms with van der Waals surface area (Å²) in [4.78, 5) is 11.2. The van der Waals surface area contributed by atoms with Crippen LogP contribution in [0.1, 0.15) is 47.6 Å². The SMILES string of the molecule is C\C=C/C=C\C=C\c1cc2c(n1-c1cccc(C=O)c1)CCC(C)C2. The summed E-state index contributed by atoms with van der Waals surface area (Å²) >= 11 is 0. The van der Waals surface area contributed by atoms with Crippen LogP contribution in [0.25, 0.3) is 11.8 Å². The lowest BCUT2D eigenvalue weighted by molar-refractivity contribution is 0.112. The summed E-state index contributed by atoms with van der Waals surface area (Å²) < 4.78 is 2.31. The van der Waals surface area contributed by atoms with Crippen molar-refractivity contribution in [3.63, 3.8) is 0 Å². The Balaban J connectivity index is 2.05. The first-order valence-electron chi connectivity index (χ1n) is 8.98. The monoisotopic (exact) mass is 331 g/mol. The second kappa shape index (κ2) is 7.98. The zero-order chi connectivity index (χ0) is 17.6. The number of benzene rings is 1. The van der Waals surface area contributed by atoms with E-state index in [1.807, 2.05) is 49.4 Å².